The molecule has 0 saturated heterocycles. The highest BCUT2D eigenvalue weighted by molar-refractivity contribution is 5.58. The van der Waals surface area contributed by atoms with Crippen molar-refractivity contribution >= 4 is 6.08 Å². The summed E-state index contributed by atoms with van der Waals surface area (Å²) in [5, 5.41) is 0. The SMILES string of the molecule is C=Cc1ccccc1C#Cc1ccccc1. The Morgan fingerprint density at radius 2 is 1.50 bits per heavy atom. The number of hydrogen-bond donors (Lipinski definition) is 0. The van der Waals surface area contributed by atoms with Gasteiger partial charge in [-0.2, -0.15) is 0 Å². The minimum Gasteiger partial charge on any atom is -0.0984 e. The van der Waals surface area contributed by atoms with Crippen LogP contribution in [0.3, 0.4) is 0 Å². The van der Waals surface area contributed by atoms with Gasteiger partial charge in [0, 0.05) is 11.1 Å². The Hall–Kier alpha value is -2.26. The molecule has 76 valence electrons. The maximum atomic E-state index is 3.78. The molecule has 2 aromatic carbocycles. The van der Waals surface area contributed by atoms with E-state index in [0.717, 1.165) is 16.7 Å². The van der Waals surface area contributed by atoms with E-state index in [4.69, 9.17) is 0 Å². The van der Waals surface area contributed by atoms with Crippen molar-refractivity contribution in [3.05, 3.63) is 77.9 Å². The third-order valence-corrected chi connectivity index (χ3v) is 2.30. The molecule has 0 unspecified atom stereocenters. The van der Waals surface area contributed by atoms with E-state index in [1.807, 2.05) is 60.7 Å². The summed E-state index contributed by atoms with van der Waals surface area (Å²) in [6.07, 6.45) is 1.83. The van der Waals surface area contributed by atoms with Gasteiger partial charge in [0.15, 0.2) is 0 Å². The van der Waals surface area contributed by atoms with E-state index >= 15 is 0 Å². The summed E-state index contributed by atoms with van der Waals surface area (Å²) in [7, 11) is 0. The summed E-state index contributed by atoms with van der Waals surface area (Å²) < 4.78 is 0. The number of benzene rings is 2. The van der Waals surface area contributed by atoms with E-state index in [-0.39, 0.29) is 0 Å². The molecular weight excluding hydrogens is 192 g/mol. The van der Waals surface area contributed by atoms with Crippen molar-refractivity contribution in [1.82, 2.24) is 0 Å². The van der Waals surface area contributed by atoms with Gasteiger partial charge in [0.2, 0.25) is 0 Å². The fourth-order valence-corrected chi connectivity index (χ4v) is 1.45. The molecule has 2 aromatic rings. The van der Waals surface area contributed by atoms with Crippen LogP contribution in [0.1, 0.15) is 16.7 Å². The molecule has 0 aromatic heterocycles. The molecule has 0 spiro atoms. The Kier molecular flexibility index (Phi) is 3.21. The summed E-state index contributed by atoms with van der Waals surface area (Å²) in [6, 6.07) is 18.0. The van der Waals surface area contributed by atoms with Crippen LogP contribution < -0.4 is 0 Å². The van der Waals surface area contributed by atoms with Crippen molar-refractivity contribution in [1.29, 1.82) is 0 Å². The molecule has 0 amide bonds. The maximum Gasteiger partial charge on any atom is 0.0321 e. The topological polar surface area (TPSA) is 0 Å². The van der Waals surface area contributed by atoms with E-state index in [1.54, 1.807) is 0 Å². The van der Waals surface area contributed by atoms with Crippen LogP contribution in [0.5, 0.6) is 0 Å². The van der Waals surface area contributed by atoms with Gasteiger partial charge in [-0.1, -0.05) is 60.9 Å². The summed E-state index contributed by atoms with van der Waals surface area (Å²) in [4.78, 5) is 0. The molecule has 0 heteroatoms. The van der Waals surface area contributed by atoms with Crippen LogP contribution in [-0.4, -0.2) is 0 Å². The zero-order valence-electron chi connectivity index (χ0n) is 8.98. The lowest BCUT2D eigenvalue weighted by Gasteiger charge is -1.96. The van der Waals surface area contributed by atoms with Crippen molar-refractivity contribution in [2.45, 2.75) is 0 Å². The lowest BCUT2D eigenvalue weighted by Crippen LogP contribution is -1.80. The van der Waals surface area contributed by atoms with Gasteiger partial charge in [0.05, 0.1) is 0 Å². The molecular formula is C16H12. The molecule has 0 aliphatic carbocycles. The summed E-state index contributed by atoms with van der Waals surface area (Å²) in [5.41, 5.74) is 3.12. The van der Waals surface area contributed by atoms with Gasteiger partial charge in [-0.3, -0.25) is 0 Å². The first kappa shape index (κ1) is 10.3. The number of hydrogen-bond acceptors (Lipinski definition) is 0. The Morgan fingerprint density at radius 3 is 2.25 bits per heavy atom. The standard InChI is InChI=1S/C16H12/c1-2-15-10-6-7-11-16(15)13-12-14-8-4-3-5-9-14/h2-11H,1H2. The van der Waals surface area contributed by atoms with E-state index < -0.39 is 0 Å². The molecule has 0 atom stereocenters. The lowest BCUT2D eigenvalue weighted by molar-refractivity contribution is 1.59. The zero-order chi connectivity index (χ0) is 11.2. The van der Waals surface area contributed by atoms with E-state index in [9.17, 15) is 0 Å². The lowest BCUT2D eigenvalue weighted by atomic mass is 10.1. The van der Waals surface area contributed by atoms with Crippen molar-refractivity contribution in [2.24, 2.45) is 0 Å². The Bertz CT molecular complexity index is 539. The monoisotopic (exact) mass is 204 g/mol. The van der Waals surface area contributed by atoms with Gasteiger partial charge in [0.25, 0.3) is 0 Å². The summed E-state index contributed by atoms with van der Waals surface area (Å²) >= 11 is 0. The molecule has 0 radical (unpaired) electrons. The van der Waals surface area contributed by atoms with Crippen LogP contribution in [0.2, 0.25) is 0 Å². The highest BCUT2D eigenvalue weighted by Gasteiger charge is 1.92. The smallest absolute Gasteiger partial charge is 0.0321 e. The minimum absolute atomic E-state index is 1.02. The van der Waals surface area contributed by atoms with Crippen molar-refractivity contribution in [2.75, 3.05) is 0 Å². The second-order valence-corrected chi connectivity index (χ2v) is 3.41. The van der Waals surface area contributed by atoms with Crippen LogP contribution in [0.4, 0.5) is 0 Å². The van der Waals surface area contributed by atoms with Crippen LogP contribution in [0.15, 0.2) is 61.2 Å². The second kappa shape index (κ2) is 5.00. The first-order valence-electron chi connectivity index (χ1n) is 5.18. The molecule has 0 saturated carbocycles. The zero-order valence-corrected chi connectivity index (χ0v) is 8.98. The predicted octanol–water partition coefficient (Wildman–Crippen LogP) is 3.73. The first-order chi connectivity index (χ1) is 7.90. The summed E-state index contributed by atoms with van der Waals surface area (Å²) in [5.74, 6) is 6.30. The van der Waals surface area contributed by atoms with Crippen LogP contribution in [0, 0.1) is 11.8 Å². The van der Waals surface area contributed by atoms with Gasteiger partial charge < -0.3 is 0 Å². The van der Waals surface area contributed by atoms with E-state index in [2.05, 4.69) is 18.4 Å². The maximum absolute atomic E-state index is 3.78. The summed E-state index contributed by atoms with van der Waals surface area (Å²) in [6.45, 7) is 3.78. The third kappa shape index (κ3) is 2.40. The van der Waals surface area contributed by atoms with Crippen LogP contribution >= 0.6 is 0 Å². The van der Waals surface area contributed by atoms with Gasteiger partial charge in [-0.25, -0.2) is 0 Å². The Balaban J connectivity index is 2.34. The molecule has 0 heterocycles. The van der Waals surface area contributed by atoms with Crippen molar-refractivity contribution in [3.63, 3.8) is 0 Å². The highest BCUT2D eigenvalue weighted by atomic mass is 14.0. The van der Waals surface area contributed by atoms with Crippen molar-refractivity contribution < 1.29 is 0 Å². The normalized spacial score (nSPS) is 9.00. The molecule has 16 heavy (non-hydrogen) atoms. The average molecular weight is 204 g/mol. The van der Waals surface area contributed by atoms with Gasteiger partial charge in [0.1, 0.15) is 0 Å². The second-order valence-electron chi connectivity index (χ2n) is 3.41. The van der Waals surface area contributed by atoms with Gasteiger partial charge in [-0.05, 0) is 23.8 Å². The molecule has 0 fully saturated rings. The molecule has 2 rings (SSSR count). The molecule has 0 N–H and O–H groups in total. The van der Waals surface area contributed by atoms with Gasteiger partial charge >= 0.3 is 0 Å². The molecule has 0 nitrogen and oxygen atoms in total. The van der Waals surface area contributed by atoms with Gasteiger partial charge in [-0.15, -0.1) is 0 Å². The number of rotatable bonds is 1. The highest BCUT2D eigenvalue weighted by Crippen LogP contribution is 2.08. The van der Waals surface area contributed by atoms with Crippen molar-refractivity contribution in [3.8, 4) is 11.8 Å². The predicted molar refractivity (Wildman–Crippen MR) is 69.0 cm³/mol. The van der Waals surface area contributed by atoms with E-state index in [1.165, 1.54) is 0 Å². The average Bonchev–Trinajstić information content (AvgIpc) is 2.38. The largest absolute Gasteiger partial charge is 0.0984 e. The minimum atomic E-state index is 1.02. The fourth-order valence-electron chi connectivity index (χ4n) is 1.45. The Morgan fingerprint density at radius 1 is 0.812 bits per heavy atom. The fraction of sp³-hybridized carbons (Fsp3) is 0. The molecule has 0 bridgehead atoms. The quantitative estimate of drug-likeness (QED) is 0.621. The van der Waals surface area contributed by atoms with Crippen LogP contribution in [0.25, 0.3) is 6.08 Å². The van der Waals surface area contributed by atoms with Crippen LogP contribution in [-0.2, 0) is 0 Å². The third-order valence-electron chi connectivity index (χ3n) is 2.30. The Labute approximate surface area is 96.3 Å². The molecule has 0 aliphatic rings. The van der Waals surface area contributed by atoms with E-state index in [0.29, 0.717) is 0 Å². The molecule has 0 aliphatic heterocycles. The first-order valence-corrected chi connectivity index (χ1v) is 5.18.